The topological polar surface area (TPSA) is 97.3 Å². The highest BCUT2D eigenvalue weighted by atomic mass is 79.9. The van der Waals surface area contributed by atoms with Crippen LogP contribution in [0.25, 0.3) is 0 Å². The molecule has 8 nitrogen and oxygen atoms in total. The number of halogens is 1. The van der Waals surface area contributed by atoms with Gasteiger partial charge in [-0.1, -0.05) is 91.0 Å². The molecule has 45 heavy (non-hydrogen) atoms. The van der Waals surface area contributed by atoms with Crippen LogP contribution in [0.15, 0.2) is 142 Å². The number of methoxy groups -OCH3 is 1. The standard InChI is InChI=1S/C35H30BrN3O5S/c1-43-33-22-28(21-31(36)34(33)44-25-27-15-7-3-8-16-27)23-37-38-35(40)30-19-11-12-20-32(30)39(24-26-13-5-2-6-14-26)45(41,42)29-17-9-4-10-18-29/h2-23H,24-25H2,1H3,(H,38,40). The van der Waals surface area contributed by atoms with Crippen molar-refractivity contribution in [2.75, 3.05) is 11.4 Å². The molecular weight excluding hydrogens is 654 g/mol. The molecule has 0 saturated carbocycles. The van der Waals surface area contributed by atoms with E-state index in [-0.39, 0.29) is 22.7 Å². The van der Waals surface area contributed by atoms with Crippen LogP contribution in [0.2, 0.25) is 0 Å². The monoisotopic (exact) mass is 683 g/mol. The lowest BCUT2D eigenvalue weighted by atomic mass is 10.1. The van der Waals surface area contributed by atoms with E-state index in [2.05, 4.69) is 26.5 Å². The van der Waals surface area contributed by atoms with E-state index < -0.39 is 15.9 Å². The molecular formula is C35H30BrN3O5S. The number of benzene rings is 5. The maximum Gasteiger partial charge on any atom is 0.273 e. The number of carbonyl (C=O) groups is 1. The molecule has 5 rings (SSSR count). The van der Waals surface area contributed by atoms with Crippen LogP contribution in [0.4, 0.5) is 5.69 Å². The van der Waals surface area contributed by atoms with Gasteiger partial charge >= 0.3 is 0 Å². The molecule has 0 unspecified atom stereocenters. The quantitative estimate of drug-likeness (QED) is 0.111. The van der Waals surface area contributed by atoms with Crippen molar-refractivity contribution in [2.45, 2.75) is 18.0 Å². The third kappa shape index (κ3) is 7.78. The number of nitrogens with one attached hydrogen (secondary N) is 1. The number of anilines is 1. The largest absolute Gasteiger partial charge is 0.493 e. The van der Waals surface area contributed by atoms with Crippen LogP contribution in [0.1, 0.15) is 27.0 Å². The Labute approximate surface area is 271 Å². The number of hydrogen-bond acceptors (Lipinski definition) is 6. The smallest absolute Gasteiger partial charge is 0.273 e. The number of amides is 1. The first-order valence-corrected chi connectivity index (χ1v) is 16.2. The first kappa shape index (κ1) is 31.5. The van der Waals surface area contributed by atoms with E-state index in [0.717, 1.165) is 11.1 Å². The Bertz CT molecular complexity index is 1890. The molecule has 0 saturated heterocycles. The molecule has 1 N–H and O–H groups in total. The highest BCUT2D eigenvalue weighted by Crippen LogP contribution is 2.37. The van der Waals surface area contributed by atoms with E-state index in [4.69, 9.17) is 9.47 Å². The molecule has 0 heterocycles. The molecule has 0 atom stereocenters. The predicted molar refractivity (Wildman–Crippen MR) is 179 cm³/mol. The van der Waals surface area contributed by atoms with Crippen LogP contribution in [0.3, 0.4) is 0 Å². The maximum atomic E-state index is 13.9. The summed E-state index contributed by atoms with van der Waals surface area (Å²) in [5.74, 6) is 0.452. The zero-order chi connectivity index (χ0) is 31.6. The number of para-hydroxylation sites is 1. The van der Waals surface area contributed by atoms with Gasteiger partial charge in [0.15, 0.2) is 11.5 Å². The Morgan fingerprint density at radius 3 is 2.11 bits per heavy atom. The van der Waals surface area contributed by atoms with Gasteiger partial charge in [0.1, 0.15) is 6.61 Å². The van der Waals surface area contributed by atoms with Gasteiger partial charge in [0.2, 0.25) is 0 Å². The zero-order valence-corrected chi connectivity index (χ0v) is 26.7. The zero-order valence-electron chi connectivity index (χ0n) is 24.3. The Balaban J connectivity index is 1.38. The van der Waals surface area contributed by atoms with E-state index in [0.29, 0.717) is 28.1 Å². The van der Waals surface area contributed by atoms with Gasteiger partial charge in [-0.15, -0.1) is 0 Å². The van der Waals surface area contributed by atoms with Crippen LogP contribution in [0, 0.1) is 0 Å². The van der Waals surface area contributed by atoms with Gasteiger partial charge in [-0.2, -0.15) is 5.10 Å². The fourth-order valence-corrected chi connectivity index (χ4v) is 6.63. The van der Waals surface area contributed by atoms with Crippen molar-refractivity contribution in [3.8, 4) is 11.5 Å². The van der Waals surface area contributed by atoms with Crippen molar-refractivity contribution >= 4 is 43.8 Å². The molecule has 0 aromatic heterocycles. The van der Waals surface area contributed by atoms with Crippen molar-refractivity contribution in [3.63, 3.8) is 0 Å². The van der Waals surface area contributed by atoms with Crippen LogP contribution in [-0.2, 0) is 23.2 Å². The van der Waals surface area contributed by atoms with Crippen molar-refractivity contribution in [1.82, 2.24) is 5.43 Å². The van der Waals surface area contributed by atoms with E-state index in [9.17, 15) is 13.2 Å². The molecule has 0 radical (unpaired) electrons. The lowest BCUT2D eigenvalue weighted by Gasteiger charge is -2.26. The van der Waals surface area contributed by atoms with Crippen LogP contribution < -0.4 is 19.2 Å². The van der Waals surface area contributed by atoms with Crippen molar-refractivity contribution in [1.29, 1.82) is 0 Å². The molecule has 1 amide bonds. The minimum absolute atomic E-state index is 0.0259. The maximum absolute atomic E-state index is 13.9. The summed E-state index contributed by atoms with van der Waals surface area (Å²) in [4.78, 5) is 13.6. The van der Waals surface area contributed by atoms with Crippen LogP contribution in [0.5, 0.6) is 11.5 Å². The molecule has 0 aliphatic rings. The molecule has 0 aliphatic heterocycles. The second-order valence-electron chi connectivity index (χ2n) is 9.83. The number of hydrogen-bond donors (Lipinski definition) is 1. The SMILES string of the molecule is COc1cc(C=NNC(=O)c2ccccc2N(Cc2ccccc2)S(=O)(=O)c2ccccc2)cc(Br)c1OCc1ccccc1. The molecule has 0 bridgehead atoms. The molecule has 0 spiro atoms. The Kier molecular flexibility index (Phi) is 10.3. The van der Waals surface area contributed by atoms with Gasteiger partial charge in [0.05, 0.1) is 40.5 Å². The average molecular weight is 685 g/mol. The Morgan fingerprint density at radius 1 is 0.844 bits per heavy atom. The molecule has 5 aromatic rings. The average Bonchev–Trinajstić information content (AvgIpc) is 3.07. The van der Waals surface area contributed by atoms with Crippen LogP contribution in [-0.4, -0.2) is 27.6 Å². The Hall–Kier alpha value is -4.93. The van der Waals surface area contributed by atoms with E-state index >= 15 is 0 Å². The fraction of sp³-hybridized carbons (Fsp3) is 0.0857. The van der Waals surface area contributed by atoms with Gasteiger partial charge in [0, 0.05) is 0 Å². The lowest BCUT2D eigenvalue weighted by molar-refractivity contribution is 0.0955. The summed E-state index contributed by atoms with van der Waals surface area (Å²) in [5.41, 5.74) is 5.32. The Morgan fingerprint density at radius 2 is 1.44 bits per heavy atom. The van der Waals surface area contributed by atoms with Crippen molar-refractivity contribution in [3.05, 3.63) is 154 Å². The minimum Gasteiger partial charge on any atom is -0.493 e. The summed E-state index contributed by atoms with van der Waals surface area (Å²) in [6, 6.07) is 37.2. The minimum atomic E-state index is -4.03. The van der Waals surface area contributed by atoms with Gasteiger partial charge in [0.25, 0.3) is 15.9 Å². The number of rotatable bonds is 12. The number of carbonyl (C=O) groups excluding carboxylic acids is 1. The summed E-state index contributed by atoms with van der Waals surface area (Å²) in [6.45, 7) is 0.387. The van der Waals surface area contributed by atoms with E-state index in [1.54, 1.807) is 61.7 Å². The molecule has 5 aromatic carbocycles. The third-order valence-corrected chi connectivity index (χ3v) is 9.14. The van der Waals surface area contributed by atoms with E-state index in [1.807, 2.05) is 60.7 Å². The summed E-state index contributed by atoms with van der Waals surface area (Å²) >= 11 is 3.54. The molecule has 10 heteroatoms. The molecule has 228 valence electrons. The highest BCUT2D eigenvalue weighted by molar-refractivity contribution is 9.10. The lowest BCUT2D eigenvalue weighted by Crippen LogP contribution is -2.33. The van der Waals surface area contributed by atoms with Gasteiger partial charge < -0.3 is 9.47 Å². The van der Waals surface area contributed by atoms with Crippen molar-refractivity contribution in [2.24, 2.45) is 5.10 Å². The third-order valence-electron chi connectivity index (χ3n) is 6.78. The van der Waals surface area contributed by atoms with Crippen LogP contribution >= 0.6 is 15.9 Å². The van der Waals surface area contributed by atoms with Crippen molar-refractivity contribution < 1.29 is 22.7 Å². The summed E-state index contributed by atoms with van der Waals surface area (Å²) in [7, 11) is -2.48. The first-order valence-electron chi connectivity index (χ1n) is 13.9. The predicted octanol–water partition coefficient (Wildman–Crippen LogP) is 7.20. The van der Waals surface area contributed by atoms with Gasteiger partial charge in [-0.25, -0.2) is 13.8 Å². The summed E-state index contributed by atoms with van der Waals surface area (Å²) in [6.07, 6.45) is 1.47. The normalized spacial score (nSPS) is 11.2. The molecule has 0 aliphatic carbocycles. The van der Waals surface area contributed by atoms with Gasteiger partial charge in [-0.05, 0) is 69.0 Å². The second kappa shape index (κ2) is 14.7. The highest BCUT2D eigenvalue weighted by Gasteiger charge is 2.28. The summed E-state index contributed by atoms with van der Waals surface area (Å²) < 4.78 is 41.2. The number of sulfonamides is 1. The number of hydrazone groups is 1. The second-order valence-corrected chi connectivity index (χ2v) is 12.6. The van der Waals surface area contributed by atoms with Gasteiger partial charge in [-0.3, -0.25) is 9.10 Å². The summed E-state index contributed by atoms with van der Waals surface area (Å²) in [5, 5.41) is 4.15. The molecule has 0 fully saturated rings. The van der Waals surface area contributed by atoms with E-state index in [1.165, 1.54) is 22.7 Å². The number of ether oxygens (including phenoxy) is 2. The number of nitrogens with zero attached hydrogens (tertiary/aromatic N) is 2. The fourth-order valence-electron chi connectivity index (χ4n) is 4.56. The first-order chi connectivity index (χ1) is 21.9.